The third-order valence-corrected chi connectivity index (χ3v) is 11.8. The monoisotopic (exact) mass is 806 g/mol. The second-order valence-electron chi connectivity index (χ2n) is 17.6. The molecule has 0 aliphatic carbocycles. The van der Waals surface area contributed by atoms with E-state index in [2.05, 4.69) is 38.2 Å². The minimum atomic E-state index is -0.784. The van der Waals surface area contributed by atoms with E-state index in [1.807, 2.05) is 0 Å². The number of ether oxygens (including phenoxy) is 1. The van der Waals surface area contributed by atoms with Gasteiger partial charge in [-0.25, -0.2) is 0 Å². The fourth-order valence-electron chi connectivity index (χ4n) is 7.96. The Morgan fingerprint density at radius 1 is 0.491 bits per heavy atom. The number of unbranched alkanes of at least 4 members (excludes halogenated alkanes) is 32. The molecule has 1 amide bonds. The van der Waals surface area contributed by atoms with Gasteiger partial charge in [-0.05, 0) is 44.9 Å². The van der Waals surface area contributed by atoms with Gasteiger partial charge in [0.2, 0.25) is 5.91 Å². The molecule has 0 aromatic carbocycles. The molecule has 0 bridgehead atoms. The molecule has 338 valence electrons. The second kappa shape index (κ2) is 45.7. The summed E-state index contributed by atoms with van der Waals surface area (Å²) in [6, 6.07) is -0.698. The molecule has 3 atom stereocenters. The van der Waals surface area contributed by atoms with E-state index in [-0.39, 0.29) is 24.9 Å². The van der Waals surface area contributed by atoms with Crippen LogP contribution in [0.2, 0.25) is 0 Å². The van der Waals surface area contributed by atoms with Gasteiger partial charge in [-0.1, -0.05) is 232 Å². The fourth-order valence-corrected chi connectivity index (χ4v) is 7.96. The van der Waals surface area contributed by atoms with E-state index in [0.717, 1.165) is 64.2 Å². The summed E-state index contributed by atoms with van der Waals surface area (Å²) in [5, 5.41) is 23.6. The van der Waals surface area contributed by atoms with Gasteiger partial charge in [0.15, 0.2) is 0 Å². The fraction of sp³-hybridized carbons (Fsp3) is 0.922. The molecule has 0 saturated heterocycles. The highest BCUT2D eigenvalue weighted by molar-refractivity contribution is 5.77. The van der Waals surface area contributed by atoms with Crippen molar-refractivity contribution in [3.8, 4) is 0 Å². The third kappa shape index (κ3) is 41.1. The van der Waals surface area contributed by atoms with Gasteiger partial charge < -0.3 is 20.3 Å². The molecule has 3 unspecified atom stereocenters. The molecule has 57 heavy (non-hydrogen) atoms. The quantitative estimate of drug-likeness (QED) is 0.0323. The van der Waals surface area contributed by atoms with Crippen LogP contribution in [-0.2, 0) is 14.3 Å². The summed E-state index contributed by atoms with van der Waals surface area (Å²) < 4.78 is 5.90. The predicted molar refractivity (Wildman–Crippen MR) is 246 cm³/mol. The van der Waals surface area contributed by atoms with Gasteiger partial charge in [0.25, 0.3) is 0 Å². The highest BCUT2D eigenvalue weighted by Crippen LogP contribution is 2.18. The molecule has 6 heteroatoms. The van der Waals surface area contributed by atoms with Crippen molar-refractivity contribution >= 4 is 11.9 Å². The van der Waals surface area contributed by atoms with Gasteiger partial charge in [-0.15, -0.1) is 0 Å². The van der Waals surface area contributed by atoms with Crippen molar-refractivity contribution in [1.29, 1.82) is 0 Å². The van der Waals surface area contributed by atoms with Crippen LogP contribution in [0.4, 0.5) is 0 Å². The number of amides is 1. The van der Waals surface area contributed by atoms with Crippen molar-refractivity contribution in [1.82, 2.24) is 5.32 Å². The third-order valence-electron chi connectivity index (χ3n) is 11.8. The maximum Gasteiger partial charge on any atom is 0.306 e. The molecule has 0 spiro atoms. The van der Waals surface area contributed by atoms with Gasteiger partial charge in [0.1, 0.15) is 6.10 Å². The summed E-state index contributed by atoms with van der Waals surface area (Å²) in [6.07, 6.45) is 50.1. The van der Waals surface area contributed by atoms with Gasteiger partial charge in [0.05, 0.1) is 25.2 Å². The Balaban J connectivity index is 4.33. The minimum absolute atomic E-state index is 0.0724. The minimum Gasteiger partial charge on any atom is -0.462 e. The Kier molecular flexibility index (Phi) is 44.6. The Bertz CT molecular complexity index is 863. The van der Waals surface area contributed by atoms with Crippen LogP contribution in [0.5, 0.6) is 0 Å². The Labute approximate surface area is 355 Å². The van der Waals surface area contributed by atoms with Crippen LogP contribution in [0.3, 0.4) is 0 Å². The number of hydrogen-bond acceptors (Lipinski definition) is 5. The number of aliphatic hydroxyl groups is 2. The average Bonchev–Trinajstić information content (AvgIpc) is 3.20. The normalized spacial score (nSPS) is 13.3. The van der Waals surface area contributed by atoms with Crippen molar-refractivity contribution in [3.63, 3.8) is 0 Å². The van der Waals surface area contributed by atoms with E-state index >= 15 is 0 Å². The van der Waals surface area contributed by atoms with Crippen LogP contribution in [0.25, 0.3) is 0 Å². The van der Waals surface area contributed by atoms with Crippen LogP contribution < -0.4 is 5.32 Å². The Morgan fingerprint density at radius 3 is 1.32 bits per heavy atom. The Morgan fingerprint density at radius 2 is 0.877 bits per heavy atom. The summed E-state index contributed by atoms with van der Waals surface area (Å²) >= 11 is 0. The number of hydrogen-bond donors (Lipinski definition) is 3. The van der Waals surface area contributed by atoms with Crippen molar-refractivity contribution in [2.24, 2.45) is 0 Å². The van der Waals surface area contributed by atoms with Crippen LogP contribution >= 0.6 is 0 Å². The highest BCUT2D eigenvalue weighted by atomic mass is 16.5. The lowest BCUT2D eigenvalue weighted by atomic mass is 10.0. The lowest BCUT2D eigenvalue weighted by molar-refractivity contribution is -0.151. The molecule has 0 rings (SSSR count). The summed E-state index contributed by atoms with van der Waals surface area (Å²) in [5.74, 6) is -0.478. The predicted octanol–water partition coefficient (Wildman–Crippen LogP) is 15.0. The molecule has 0 aliphatic rings. The number of rotatable bonds is 46. The number of aliphatic hydroxyl groups excluding tert-OH is 2. The maximum absolute atomic E-state index is 13.1. The lowest BCUT2D eigenvalue weighted by Crippen LogP contribution is -2.46. The number of allylic oxidation sites excluding steroid dienone is 2. The molecule has 0 fully saturated rings. The molecular formula is C51H99NO5. The summed E-state index contributed by atoms with van der Waals surface area (Å²) in [6.45, 7) is 6.42. The molecular weight excluding hydrogens is 707 g/mol. The molecule has 0 saturated carbocycles. The number of carbonyl (C=O) groups is 2. The molecule has 6 nitrogen and oxygen atoms in total. The topological polar surface area (TPSA) is 95.9 Å². The second-order valence-corrected chi connectivity index (χ2v) is 17.6. The van der Waals surface area contributed by atoms with Crippen LogP contribution in [0.1, 0.15) is 278 Å². The van der Waals surface area contributed by atoms with Crippen LogP contribution in [-0.4, -0.2) is 46.9 Å². The van der Waals surface area contributed by atoms with Gasteiger partial charge in [-0.3, -0.25) is 9.59 Å². The van der Waals surface area contributed by atoms with Crippen LogP contribution in [0, 0.1) is 0 Å². The van der Waals surface area contributed by atoms with Gasteiger partial charge in [0, 0.05) is 6.42 Å². The molecule has 0 heterocycles. The molecule has 0 aliphatic heterocycles. The first kappa shape index (κ1) is 55.6. The zero-order valence-corrected chi connectivity index (χ0v) is 38.5. The van der Waals surface area contributed by atoms with Gasteiger partial charge >= 0.3 is 5.97 Å². The largest absolute Gasteiger partial charge is 0.462 e. The molecule has 0 aromatic rings. The van der Waals surface area contributed by atoms with E-state index < -0.39 is 18.2 Å². The first-order valence-corrected chi connectivity index (χ1v) is 25.4. The van der Waals surface area contributed by atoms with E-state index in [1.165, 1.54) is 167 Å². The summed E-state index contributed by atoms with van der Waals surface area (Å²) in [5.41, 5.74) is 0. The Hall–Kier alpha value is -1.40. The van der Waals surface area contributed by atoms with E-state index in [0.29, 0.717) is 19.3 Å². The first-order chi connectivity index (χ1) is 28.0. The first-order valence-electron chi connectivity index (χ1n) is 25.4. The smallest absolute Gasteiger partial charge is 0.306 e. The molecule has 0 radical (unpaired) electrons. The van der Waals surface area contributed by atoms with E-state index in [1.54, 1.807) is 0 Å². The highest BCUT2D eigenvalue weighted by Gasteiger charge is 2.24. The van der Waals surface area contributed by atoms with Crippen LogP contribution in [0.15, 0.2) is 12.2 Å². The van der Waals surface area contributed by atoms with E-state index in [4.69, 9.17) is 4.74 Å². The maximum atomic E-state index is 13.1. The summed E-state index contributed by atoms with van der Waals surface area (Å²) in [4.78, 5) is 26.0. The van der Waals surface area contributed by atoms with E-state index in [9.17, 15) is 19.8 Å². The molecule has 0 aromatic heterocycles. The van der Waals surface area contributed by atoms with Crippen molar-refractivity contribution in [3.05, 3.63) is 12.2 Å². The average molecular weight is 806 g/mol. The zero-order chi connectivity index (χ0) is 41.7. The number of esters is 1. The standard InChI is InChI=1S/C51H99NO5/c1-4-7-10-13-16-19-21-22-23-24-25-26-27-28-30-32-35-38-41-44-51(56)57-47(42-39-36-33-18-15-12-9-6-3)45-50(55)52-48(46-53)49(54)43-40-37-34-31-29-20-17-14-11-8-5-2/h12,15,47-49,53-54H,4-11,13-14,16-46H2,1-3H3,(H,52,55)/b15-12-. The number of nitrogens with one attached hydrogen (secondary N) is 1. The molecule has 3 N–H and O–H groups in total. The number of carbonyl (C=O) groups excluding carboxylic acids is 2. The zero-order valence-electron chi connectivity index (χ0n) is 38.5. The van der Waals surface area contributed by atoms with Crippen molar-refractivity contribution in [2.75, 3.05) is 6.61 Å². The van der Waals surface area contributed by atoms with Crippen molar-refractivity contribution < 1.29 is 24.5 Å². The lowest BCUT2D eigenvalue weighted by Gasteiger charge is -2.24. The van der Waals surface area contributed by atoms with Gasteiger partial charge in [-0.2, -0.15) is 0 Å². The van der Waals surface area contributed by atoms with Crippen molar-refractivity contribution in [2.45, 2.75) is 296 Å². The summed E-state index contributed by atoms with van der Waals surface area (Å²) in [7, 11) is 0. The SMILES string of the molecule is CCC/C=C\CCCCCC(CC(=O)NC(CO)C(O)CCCCCCCCCCCCC)OC(=O)CCCCCCCCCCCCCCCCCCCCC.